The lowest BCUT2D eigenvalue weighted by Gasteiger charge is -2.09. The molecule has 0 saturated carbocycles. The van der Waals surface area contributed by atoms with Crippen LogP contribution in [0.4, 0.5) is 5.69 Å². The summed E-state index contributed by atoms with van der Waals surface area (Å²) in [6.07, 6.45) is 0.633. The van der Waals surface area contributed by atoms with Crippen molar-refractivity contribution in [3.05, 3.63) is 57.5 Å². The Bertz CT molecular complexity index is 658. The van der Waals surface area contributed by atoms with Gasteiger partial charge in [-0.15, -0.1) is 0 Å². The van der Waals surface area contributed by atoms with Gasteiger partial charge < -0.3 is 10.1 Å². The van der Waals surface area contributed by atoms with Crippen molar-refractivity contribution in [1.29, 1.82) is 0 Å². The molecule has 1 amide bonds. The van der Waals surface area contributed by atoms with Gasteiger partial charge in [-0.2, -0.15) is 0 Å². The maximum atomic E-state index is 11.8. The highest BCUT2D eigenvalue weighted by atomic mass is 79.9. The monoisotopic (exact) mass is 367 g/mol. The largest absolute Gasteiger partial charge is 0.483 e. The Morgan fingerprint density at radius 3 is 2.62 bits per heavy atom. The van der Waals surface area contributed by atoms with Crippen LogP contribution < -0.4 is 10.1 Å². The van der Waals surface area contributed by atoms with Crippen molar-refractivity contribution in [2.45, 2.75) is 0 Å². The maximum Gasteiger partial charge on any atom is 0.262 e. The molecule has 2 rings (SSSR count). The number of anilines is 1. The summed E-state index contributed by atoms with van der Waals surface area (Å²) in [5.74, 6) is 0.00415. The molecule has 4 nitrogen and oxygen atoms in total. The first-order chi connectivity index (χ1) is 10.1. The van der Waals surface area contributed by atoms with Crippen LogP contribution in [0.3, 0.4) is 0 Å². The molecule has 0 atom stereocenters. The number of hydrogen-bond acceptors (Lipinski definition) is 3. The van der Waals surface area contributed by atoms with E-state index in [2.05, 4.69) is 21.2 Å². The van der Waals surface area contributed by atoms with Gasteiger partial charge in [0.1, 0.15) is 5.75 Å². The molecule has 0 aliphatic rings. The number of amides is 1. The summed E-state index contributed by atoms with van der Waals surface area (Å²) in [6, 6.07) is 11.8. The van der Waals surface area contributed by atoms with Crippen molar-refractivity contribution in [3.8, 4) is 5.75 Å². The third-order valence-corrected chi connectivity index (χ3v) is 3.35. The Labute approximate surface area is 135 Å². The summed E-state index contributed by atoms with van der Waals surface area (Å²) in [6.45, 7) is -0.196. The van der Waals surface area contributed by atoms with Crippen LogP contribution in [0.2, 0.25) is 5.02 Å². The zero-order valence-electron chi connectivity index (χ0n) is 10.8. The molecule has 0 aliphatic heterocycles. The molecule has 108 valence electrons. The van der Waals surface area contributed by atoms with E-state index in [9.17, 15) is 9.59 Å². The van der Waals surface area contributed by atoms with Gasteiger partial charge in [-0.25, -0.2) is 0 Å². The third-order valence-electron chi connectivity index (χ3n) is 2.59. The molecule has 21 heavy (non-hydrogen) atoms. The van der Waals surface area contributed by atoms with Crippen molar-refractivity contribution in [3.63, 3.8) is 0 Å². The normalized spacial score (nSPS) is 10.0. The van der Waals surface area contributed by atoms with Crippen LogP contribution in [0, 0.1) is 0 Å². The molecule has 0 radical (unpaired) electrons. The van der Waals surface area contributed by atoms with Gasteiger partial charge in [-0.1, -0.05) is 27.5 Å². The zero-order chi connectivity index (χ0) is 15.2. The number of halogens is 2. The average Bonchev–Trinajstić information content (AvgIpc) is 2.48. The maximum absolute atomic E-state index is 11.8. The molecule has 0 aliphatic carbocycles. The van der Waals surface area contributed by atoms with Crippen molar-refractivity contribution < 1.29 is 14.3 Å². The van der Waals surface area contributed by atoms with Crippen LogP contribution in [0.15, 0.2) is 46.9 Å². The number of ether oxygens (including phenoxy) is 1. The quantitative estimate of drug-likeness (QED) is 0.814. The number of aldehydes is 1. The summed E-state index contributed by atoms with van der Waals surface area (Å²) in [4.78, 5) is 22.7. The summed E-state index contributed by atoms with van der Waals surface area (Å²) in [5.41, 5.74) is 0.970. The highest BCUT2D eigenvalue weighted by molar-refractivity contribution is 9.10. The predicted molar refractivity (Wildman–Crippen MR) is 85.1 cm³/mol. The molecule has 0 aromatic heterocycles. The molecule has 2 aromatic carbocycles. The Hall–Kier alpha value is -1.85. The van der Waals surface area contributed by atoms with E-state index in [1.807, 2.05) is 12.1 Å². The lowest BCUT2D eigenvalue weighted by atomic mass is 10.2. The number of hydrogen-bond donors (Lipinski definition) is 1. The van der Waals surface area contributed by atoms with E-state index in [-0.39, 0.29) is 12.5 Å². The Morgan fingerprint density at radius 2 is 1.95 bits per heavy atom. The van der Waals surface area contributed by atoms with Crippen molar-refractivity contribution in [1.82, 2.24) is 0 Å². The van der Waals surface area contributed by atoms with Crippen LogP contribution in [0.5, 0.6) is 5.75 Å². The second-order valence-corrected chi connectivity index (χ2v) is 5.50. The van der Waals surface area contributed by atoms with E-state index >= 15 is 0 Å². The molecule has 0 spiro atoms. The van der Waals surface area contributed by atoms with Gasteiger partial charge in [0.05, 0.1) is 5.56 Å². The first kappa shape index (κ1) is 15.5. The van der Waals surface area contributed by atoms with E-state index in [4.69, 9.17) is 16.3 Å². The van der Waals surface area contributed by atoms with E-state index < -0.39 is 0 Å². The van der Waals surface area contributed by atoms with E-state index in [1.54, 1.807) is 24.3 Å². The minimum atomic E-state index is -0.316. The summed E-state index contributed by atoms with van der Waals surface area (Å²) >= 11 is 9.09. The van der Waals surface area contributed by atoms with Crippen LogP contribution >= 0.6 is 27.5 Å². The second-order valence-electron chi connectivity index (χ2n) is 4.14. The van der Waals surface area contributed by atoms with Crippen LogP contribution in [-0.4, -0.2) is 18.8 Å². The molecule has 1 N–H and O–H groups in total. The average molecular weight is 369 g/mol. The van der Waals surface area contributed by atoms with Crippen LogP contribution in [0.1, 0.15) is 10.4 Å². The van der Waals surface area contributed by atoms with Gasteiger partial charge in [0, 0.05) is 15.2 Å². The van der Waals surface area contributed by atoms with Crippen molar-refractivity contribution in [2.75, 3.05) is 11.9 Å². The fourth-order valence-electron chi connectivity index (χ4n) is 1.62. The van der Waals surface area contributed by atoms with Gasteiger partial charge in [0.25, 0.3) is 5.91 Å². The van der Waals surface area contributed by atoms with Gasteiger partial charge in [0.15, 0.2) is 12.9 Å². The van der Waals surface area contributed by atoms with Gasteiger partial charge in [-0.05, 0) is 42.5 Å². The topological polar surface area (TPSA) is 55.4 Å². The van der Waals surface area contributed by atoms with Gasteiger partial charge in [0.2, 0.25) is 0 Å². The van der Waals surface area contributed by atoms with Crippen molar-refractivity contribution in [2.24, 2.45) is 0 Å². The SMILES string of the molecule is O=Cc1cc(Cl)ccc1OCC(=O)Nc1ccc(Br)cc1. The molecule has 6 heteroatoms. The molecule has 0 saturated heterocycles. The van der Waals surface area contributed by atoms with E-state index in [0.717, 1.165) is 4.47 Å². The predicted octanol–water partition coefficient (Wildman–Crippen LogP) is 3.93. The number of rotatable bonds is 5. The Morgan fingerprint density at radius 1 is 1.24 bits per heavy atom. The minimum Gasteiger partial charge on any atom is -0.483 e. The molecule has 2 aromatic rings. The molecular weight excluding hydrogens is 358 g/mol. The van der Waals surface area contributed by atoms with Gasteiger partial charge >= 0.3 is 0 Å². The fourth-order valence-corrected chi connectivity index (χ4v) is 2.06. The summed E-state index contributed by atoms with van der Waals surface area (Å²) in [7, 11) is 0. The van der Waals surface area contributed by atoms with Crippen molar-refractivity contribution >= 4 is 45.4 Å². The molecule has 0 fully saturated rings. The second kappa shape index (κ2) is 7.24. The highest BCUT2D eigenvalue weighted by Gasteiger charge is 2.07. The third kappa shape index (κ3) is 4.58. The van der Waals surface area contributed by atoms with E-state index in [1.165, 1.54) is 6.07 Å². The number of carbonyl (C=O) groups is 2. The van der Waals surface area contributed by atoms with Crippen LogP contribution in [0.25, 0.3) is 0 Å². The minimum absolute atomic E-state index is 0.196. The smallest absolute Gasteiger partial charge is 0.262 e. The lowest BCUT2D eigenvalue weighted by Crippen LogP contribution is -2.20. The first-order valence-electron chi connectivity index (χ1n) is 6.01. The summed E-state index contributed by atoms with van der Waals surface area (Å²) in [5, 5.41) is 3.12. The highest BCUT2D eigenvalue weighted by Crippen LogP contribution is 2.21. The standard InChI is InChI=1S/C15H11BrClNO3/c16-11-1-4-13(5-2-11)18-15(20)9-21-14-6-3-12(17)7-10(14)8-19/h1-8H,9H2,(H,18,20). The zero-order valence-corrected chi connectivity index (χ0v) is 13.1. The molecule has 0 unspecified atom stereocenters. The number of carbonyl (C=O) groups excluding carboxylic acids is 2. The van der Waals surface area contributed by atoms with Gasteiger partial charge in [-0.3, -0.25) is 9.59 Å². The number of benzene rings is 2. The first-order valence-corrected chi connectivity index (χ1v) is 7.18. The fraction of sp³-hybridized carbons (Fsp3) is 0.0667. The van der Waals surface area contributed by atoms with Crippen LogP contribution in [-0.2, 0) is 4.79 Å². The molecule has 0 bridgehead atoms. The molecule has 0 heterocycles. The molecular formula is C15H11BrClNO3. The number of nitrogens with one attached hydrogen (secondary N) is 1. The Balaban J connectivity index is 1.95. The summed E-state index contributed by atoms with van der Waals surface area (Å²) < 4.78 is 6.25. The van der Waals surface area contributed by atoms with E-state index in [0.29, 0.717) is 28.3 Å². The Kier molecular flexibility index (Phi) is 5.36. The lowest BCUT2D eigenvalue weighted by molar-refractivity contribution is -0.118.